The summed E-state index contributed by atoms with van der Waals surface area (Å²) in [5.41, 5.74) is 0. The number of nitrogens with zero attached hydrogens (tertiary/aromatic N) is 1. The molecule has 2 unspecified atom stereocenters. The van der Waals surface area contributed by atoms with Crippen LogP contribution in [-0.4, -0.2) is 100.0 Å². The second-order valence-corrected chi connectivity index (χ2v) is 9.94. The zero-order valence-corrected chi connectivity index (χ0v) is 19.3. The fraction of sp³-hybridized carbons (Fsp3) is 0.933. The number of carbonyl (C=O) groups is 1. The van der Waals surface area contributed by atoms with Gasteiger partial charge < -0.3 is 9.59 Å². The minimum absolute atomic E-state index is 0.0328. The number of quaternary nitrogens is 1. The van der Waals surface area contributed by atoms with E-state index in [1.807, 2.05) is 0 Å². The third kappa shape index (κ3) is 10.6. The van der Waals surface area contributed by atoms with Crippen LogP contribution in [0.25, 0.3) is 0 Å². The second-order valence-electron chi connectivity index (χ2n) is 8.01. The number of rotatable bonds is 14. The largest absolute Gasteiger partial charge is 0.525 e. The van der Waals surface area contributed by atoms with Crippen LogP contribution in [0.3, 0.4) is 0 Å². The Kier molecular flexibility index (Phi) is 10.7. The number of carboxylic acid groups (broad SMARTS) is 1. The van der Waals surface area contributed by atoms with Gasteiger partial charge in [0, 0.05) is 19.4 Å². The number of aliphatic carboxylic acids is 1. The predicted molar refractivity (Wildman–Crippen MR) is 93.5 cm³/mol. The van der Waals surface area contributed by atoms with Crippen molar-refractivity contribution in [1.82, 2.24) is 4.72 Å². The van der Waals surface area contributed by atoms with Gasteiger partial charge in [-0.15, -0.1) is 13.2 Å². The van der Waals surface area contributed by atoms with Crippen LogP contribution < -0.4 is 4.72 Å². The number of hydrogen-bond donors (Lipinski definition) is 2. The molecule has 0 aliphatic carbocycles. The van der Waals surface area contributed by atoms with Crippen molar-refractivity contribution in [3.05, 3.63) is 0 Å². The number of sulfonamides is 1. The Labute approximate surface area is 199 Å². The van der Waals surface area contributed by atoms with E-state index in [9.17, 15) is 70.3 Å². The number of likely N-dealkylation sites (N-methyl/N-ethyl adjacent to an activating group) is 1. The van der Waals surface area contributed by atoms with Crippen molar-refractivity contribution in [3.8, 4) is 0 Å². The lowest BCUT2D eigenvalue weighted by atomic mass is 10.2. The van der Waals surface area contributed by atoms with Gasteiger partial charge in [0.1, 0.15) is 0 Å². The first-order valence-corrected chi connectivity index (χ1v) is 11.0. The van der Waals surface area contributed by atoms with E-state index in [1.165, 1.54) is 14.1 Å². The maximum atomic E-state index is 14.3. The van der Waals surface area contributed by atoms with E-state index in [0.29, 0.717) is 0 Å². The van der Waals surface area contributed by atoms with Gasteiger partial charge in [-0.2, -0.15) is 39.5 Å². The molecular weight excluding hydrogens is 583 g/mol. The first kappa shape index (κ1) is 35.4. The summed E-state index contributed by atoms with van der Waals surface area (Å²) in [6.45, 7) is -1.08. The molecule has 0 rings (SSSR count). The topological polar surface area (TPSA) is 102 Å². The van der Waals surface area contributed by atoms with Crippen LogP contribution in [0.2, 0.25) is 0 Å². The summed E-state index contributed by atoms with van der Waals surface area (Å²) in [4.78, 5) is 10.7. The Bertz CT molecular complexity index is 890. The molecule has 0 fully saturated rings. The van der Waals surface area contributed by atoms with Crippen LogP contribution in [0.5, 0.6) is 0 Å². The number of hydrogen-bond acceptors (Lipinski definition) is 5. The molecule has 0 saturated carbocycles. The summed E-state index contributed by atoms with van der Waals surface area (Å²) in [5.74, 6) is -16.9. The molecule has 37 heavy (non-hydrogen) atoms. The number of ether oxygens (including phenoxy) is 2. The van der Waals surface area contributed by atoms with Crippen LogP contribution in [0, 0.1) is 0 Å². The summed E-state index contributed by atoms with van der Waals surface area (Å²) in [6, 6.07) is 0. The Morgan fingerprint density at radius 3 is 1.73 bits per heavy atom. The fourth-order valence-corrected chi connectivity index (χ4v) is 3.61. The van der Waals surface area contributed by atoms with Gasteiger partial charge in [-0.25, -0.2) is 27.1 Å². The monoisotopic (exact) mass is 603 g/mol. The van der Waals surface area contributed by atoms with Gasteiger partial charge >= 0.3 is 42.5 Å². The molecule has 222 valence electrons. The van der Waals surface area contributed by atoms with E-state index in [1.54, 1.807) is 9.46 Å². The molecule has 0 aliphatic rings. The quantitative estimate of drug-likeness (QED) is 0.179. The van der Waals surface area contributed by atoms with Crippen LogP contribution in [-0.2, 0) is 24.3 Å². The molecule has 22 heteroatoms. The average molecular weight is 603 g/mol. The molecule has 0 amide bonds. The zero-order chi connectivity index (χ0) is 29.9. The van der Waals surface area contributed by atoms with Crippen molar-refractivity contribution >= 4 is 16.0 Å². The number of halogens is 13. The molecule has 0 heterocycles. The van der Waals surface area contributed by atoms with Crippen molar-refractivity contribution in [2.45, 2.75) is 49.4 Å². The third-order valence-electron chi connectivity index (χ3n) is 4.23. The lowest BCUT2D eigenvalue weighted by molar-refractivity contribution is -0.883. The summed E-state index contributed by atoms with van der Waals surface area (Å²) in [6.07, 6.45) is -31.4. The zero-order valence-electron chi connectivity index (χ0n) is 18.5. The molecule has 0 saturated heterocycles. The highest BCUT2D eigenvalue weighted by Crippen LogP contribution is 2.53. The minimum Gasteiger partial charge on any atom is -0.477 e. The number of nitrogens with one attached hydrogen (secondary N) is 1. The highest BCUT2D eigenvalue weighted by Gasteiger charge is 2.80. The highest BCUT2D eigenvalue weighted by molar-refractivity contribution is 7.89. The Hall–Kier alpha value is -1.65. The smallest absolute Gasteiger partial charge is 0.477 e. The SMILES string of the molecule is C[N+](C)(CCCNS(=O)(=O)CCC(F)(OC(F)(F)C(F)(OC(F)(F)F)C(F)(F)F)C(F)(F)F)CC(=O)O. The number of alkyl halides is 13. The fourth-order valence-electron chi connectivity index (χ4n) is 2.48. The van der Waals surface area contributed by atoms with E-state index in [2.05, 4.69) is 4.74 Å². The predicted octanol–water partition coefficient (Wildman–Crippen LogP) is 3.45. The summed E-state index contributed by atoms with van der Waals surface area (Å²) in [5, 5.41) is 8.71. The average Bonchev–Trinajstić information content (AvgIpc) is 2.59. The van der Waals surface area contributed by atoms with E-state index < -0.39 is 77.8 Å². The standard InChI is InChI=1S/C15H19F13N2O6S/c1-30(2,8-9(31)32)6-3-5-29-37(33,34)7-4-10(16,12(18,19)20)35-14(24,25)11(17,13(21,22)23)36-15(26,27)28/h29H,3-8H2,1-2H3/p+1. The van der Waals surface area contributed by atoms with Crippen molar-refractivity contribution in [2.75, 3.05) is 39.5 Å². The van der Waals surface area contributed by atoms with Gasteiger partial charge in [-0.3, -0.25) is 4.74 Å². The van der Waals surface area contributed by atoms with Crippen LogP contribution in [0.1, 0.15) is 12.8 Å². The molecule has 0 bridgehead atoms. The van der Waals surface area contributed by atoms with Crippen LogP contribution >= 0.6 is 0 Å². The summed E-state index contributed by atoms with van der Waals surface area (Å²) >= 11 is 0. The van der Waals surface area contributed by atoms with Crippen molar-refractivity contribution in [2.24, 2.45) is 0 Å². The maximum absolute atomic E-state index is 14.3. The van der Waals surface area contributed by atoms with E-state index >= 15 is 0 Å². The normalized spacial score (nSPS) is 17.8. The molecule has 2 N–H and O–H groups in total. The summed E-state index contributed by atoms with van der Waals surface area (Å²) < 4.78 is 197. The minimum atomic E-state index is -7.43. The van der Waals surface area contributed by atoms with E-state index in [-0.39, 0.29) is 17.4 Å². The van der Waals surface area contributed by atoms with Crippen molar-refractivity contribution in [1.29, 1.82) is 0 Å². The molecule has 2 atom stereocenters. The van der Waals surface area contributed by atoms with Crippen molar-refractivity contribution < 1.29 is 89.4 Å². The second kappa shape index (κ2) is 11.2. The number of carboxylic acids is 1. The maximum Gasteiger partial charge on any atom is 0.525 e. The van der Waals surface area contributed by atoms with Gasteiger partial charge in [0.05, 0.1) is 26.4 Å². The Balaban J connectivity index is 5.69. The lowest BCUT2D eigenvalue weighted by Gasteiger charge is -2.38. The molecular formula is C15H20F13N2O6S+. The van der Waals surface area contributed by atoms with E-state index in [0.717, 1.165) is 0 Å². The van der Waals surface area contributed by atoms with Gasteiger partial charge in [0.25, 0.3) is 0 Å². The Morgan fingerprint density at radius 1 is 0.865 bits per heavy atom. The lowest BCUT2D eigenvalue weighted by Crippen LogP contribution is -2.64. The van der Waals surface area contributed by atoms with Gasteiger partial charge in [0.2, 0.25) is 10.0 Å². The van der Waals surface area contributed by atoms with Gasteiger partial charge in [-0.05, 0) is 0 Å². The van der Waals surface area contributed by atoms with Crippen LogP contribution in [0.15, 0.2) is 0 Å². The van der Waals surface area contributed by atoms with E-state index in [4.69, 9.17) is 5.11 Å². The van der Waals surface area contributed by atoms with Crippen LogP contribution in [0.4, 0.5) is 57.1 Å². The Morgan fingerprint density at radius 2 is 1.35 bits per heavy atom. The molecule has 0 aromatic carbocycles. The molecule has 0 radical (unpaired) electrons. The molecule has 0 spiro atoms. The highest BCUT2D eigenvalue weighted by atomic mass is 32.2. The summed E-state index contributed by atoms with van der Waals surface area (Å²) in [7, 11) is -2.23. The molecule has 0 aromatic heterocycles. The van der Waals surface area contributed by atoms with Crippen molar-refractivity contribution in [3.63, 3.8) is 0 Å². The third-order valence-corrected chi connectivity index (χ3v) is 5.61. The molecule has 0 aliphatic heterocycles. The van der Waals surface area contributed by atoms with Gasteiger partial charge in [0.15, 0.2) is 6.54 Å². The molecule has 0 aromatic rings. The molecule has 8 nitrogen and oxygen atoms in total. The van der Waals surface area contributed by atoms with Gasteiger partial charge in [-0.1, -0.05) is 0 Å². The first-order valence-electron chi connectivity index (χ1n) is 9.36. The first-order chi connectivity index (χ1) is 16.0.